The number of rotatable bonds is 4. The van der Waals surface area contributed by atoms with Crippen LogP contribution >= 0.6 is 0 Å². The predicted molar refractivity (Wildman–Crippen MR) is 90.9 cm³/mol. The maximum atomic E-state index is 12.6. The van der Waals surface area contributed by atoms with Crippen molar-refractivity contribution in [1.82, 2.24) is 24.1 Å². The van der Waals surface area contributed by atoms with Crippen LogP contribution in [-0.4, -0.2) is 60.8 Å². The second-order valence-electron chi connectivity index (χ2n) is 6.67. The average Bonchev–Trinajstić information content (AvgIpc) is 3.16. The summed E-state index contributed by atoms with van der Waals surface area (Å²) in [5.41, 5.74) is 1.54. The molecule has 2 aliphatic heterocycles. The number of carbonyl (C=O) groups excluding carboxylic acids is 1. The SMILES string of the molecule is Cc1nn(C)cc1[C@@H]1C[C@@H](C(=O)NC[C@H]2CCCO2)N(C)S(=O)(=O)N1. The Kier molecular flexibility index (Phi) is 5.14. The van der Waals surface area contributed by atoms with Crippen molar-refractivity contribution < 1.29 is 17.9 Å². The van der Waals surface area contributed by atoms with Crippen LogP contribution < -0.4 is 10.0 Å². The van der Waals surface area contributed by atoms with E-state index in [1.54, 1.807) is 17.9 Å². The van der Waals surface area contributed by atoms with Crippen molar-refractivity contribution in [3.63, 3.8) is 0 Å². The molecule has 9 nitrogen and oxygen atoms in total. The van der Waals surface area contributed by atoms with Crippen LogP contribution in [0.1, 0.15) is 36.6 Å². The number of aromatic nitrogens is 2. The molecular formula is C15H25N5O4S. The standard InChI is InChI=1S/C15H25N5O4S/c1-10-12(9-19(2)17-10)13-7-14(20(3)25(22,23)18-13)15(21)16-8-11-5-4-6-24-11/h9,11,13-14,18H,4-8H2,1-3H3,(H,16,21)/t11-,13+,14+/m1/s1. The molecule has 0 saturated carbocycles. The zero-order valence-electron chi connectivity index (χ0n) is 14.7. The number of hydrogen-bond acceptors (Lipinski definition) is 5. The van der Waals surface area contributed by atoms with Gasteiger partial charge in [0.25, 0.3) is 10.2 Å². The van der Waals surface area contributed by atoms with Gasteiger partial charge in [-0.1, -0.05) is 0 Å². The fourth-order valence-electron chi connectivity index (χ4n) is 3.41. The Balaban J connectivity index is 1.74. The van der Waals surface area contributed by atoms with Crippen LogP contribution in [0.4, 0.5) is 0 Å². The molecule has 2 aliphatic rings. The minimum Gasteiger partial charge on any atom is -0.376 e. The number of carbonyl (C=O) groups is 1. The van der Waals surface area contributed by atoms with Gasteiger partial charge >= 0.3 is 0 Å². The monoisotopic (exact) mass is 371 g/mol. The number of ether oxygens (including phenoxy) is 1. The first-order valence-corrected chi connectivity index (χ1v) is 9.86. The van der Waals surface area contributed by atoms with Crippen molar-refractivity contribution in [3.8, 4) is 0 Å². The Hall–Kier alpha value is -1.49. The molecule has 10 heteroatoms. The third kappa shape index (κ3) is 3.86. The Labute approximate surface area is 147 Å². The lowest BCUT2D eigenvalue weighted by Crippen LogP contribution is -2.57. The van der Waals surface area contributed by atoms with E-state index in [1.807, 2.05) is 6.92 Å². The first-order chi connectivity index (χ1) is 11.8. The first-order valence-electron chi connectivity index (χ1n) is 8.42. The molecule has 1 aromatic heterocycles. The molecule has 3 rings (SSSR count). The van der Waals surface area contributed by atoms with Crippen LogP contribution in [-0.2, 0) is 26.8 Å². The molecule has 2 N–H and O–H groups in total. The Morgan fingerprint density at radius 2 is 2.24 bits per heavy atom. The largest absolute Gasteiger partial charge is 0.376 e. The average molecular weight is 371 g/mol. The normalized spacial score (nSPS) is 29.6. The molecule has 0 aromatic carbocycles. The van der Waals surface area contributed by atoms with Crippen molar-refractivity contribution in [1.29, 1.82) is 0 Å². The number of likely N-dealkylation sites (N-methyl/N-ethyl adjacent to an activating group) is 1. The van der Waals surface area contributed by atoms with E-state index in [4.69, 9.17) is 4.74 Å². The van der Waals surface area contributed by atoms with Crippen molar-refractivity contribution >= 4 is 16.1 Å². The van der Waals surface area contributed by atoms with E-state index in [1.165, 1.54) is 7.05 Å². The molecule has 3 atom stereocenters. The summed E-state index contributed by atoms with van der Waals surface area (Å²) in [5.74, 6) is -0.297. The number of nitrogens with zero attached hydrogens (tertiary/aromatic N) is 3. The summed E-state index contributed by atoms with van der Waals surface area (Å²) in [5, 5.41) is 7.10. The zero-order valence-corrected chi connectivity index (χ0v) is 15.5. The van der Waals surface area contributed by atoms with Crippen LogP contribution in [0.15, 0.2) is 6.20 Å². The molecule has 2 saturated heterocycles. The molecule has 0 radical (unpaired) electrons. The Morgan fingerprint density at radius 3 is 2.84 bits per heavy atom. The quantitative estimate of drug-likeness (QED) is 0.749. The highest BCUT2D eigenvalue weighted by Gasteiger charge is 2.41. The number of aryl methyl sites for hydroxylation is 2. The lowest BCUT2D eigenvalue weighted by Gasteiger charge is -2.36. The molecule has 2 fully saturated rings. The molecule has 1 aromatic rings. The van der Waals surface area contributed by atoms with Crippen LogP contribution in [0.5, 0.6) is 0 Å². The predicted octanol–water partition coefficient (Wildman–Crippen LogP) is -0.397. The van der Waals surface area contributed by atoms with E-state index in [2.05, 4.69) is 15.1 Å². The fourth-order valence-corrected chi connectivity index (χ4v) is 4.68. The smallest absolute Gasteiger partial charge is 0.280 e. The van der Waals surface area contributed by atoms with E-state index < -0.39 is 22.3 Å². The molecule has 0 unspecified atom stereocenters. The van der Waals surface area contributed by atoms with Gasteiger partial charge in [-0.05, 0) is 26.2 Å². The van der Waals surface area contributed by atoms with Gasteiger partial charge in [-0.3, -0.25) is 9.48 Å². The highest BCUT2D eigenvalue weighted by molar-refractivity contribution is 7.87. The Morgan fingerprint density at radius 1 is 1.48 bits per heavy atom. The molecule has 0 aliphatic carbocycles. The summed E-state index contributed by atoms with van der Waals surface area (Å²) >= 11 is 0. The minimum atomic E-state index is -3.74. The minimum absolute atomic E-state index is 0.0175. The van der Waals surface area contributed by atoms with E-state index >= 15 is 0 Å². The van der Waals surface area contributed by atoms with Crippen LogP contribution in [0.2, 0.25) is 0 Å². The lowest BCUT2D eigenvalue weighted by atomic mass is 10.00. The van der Waals surface area contributed by atoms with Crippen molar-refractivity contribution in [3.05, 3.63) is 17.5 Å². The molecule has 0 spiro atoms. The summed E-state index contributed by atoms with van der Waals surface area (Å²) in [6.45, 7) is 2.95. The summed E-state index contributed by atoms with van der Waals surface area (Å²) < 4.78 is 35.8. The molecule has 3 heterocycles. The van der Waals surface area contributed by atoms with Crippen molar-refractivity contribution in [2.75, 3.05) is 20.2 Å². The van der Waals surface area contributed by atoms with Crippen LogP contribution in [0.3, 0.4) is 0 Å². The molecular weight excluding hydrogens is 346 g/mol. The third-order valence-electron chi connectivity index (χ3n) is 4.83. The van der Waals surface area contributed by atoms with Gasteiger partial charge in [0.15, 0.2) is 0 Å². The topological polar surface area (TPSA) is 106 Å². The fraction of sp³-hybridized carbons (Fsp3) is 0.733. The maximum Gasteiger partial charge on any atom is 0.280 e. The summed E-state index contributed by atoms with van der Waals surface area (Å²) in [6, 6.07) is -1.24. The summed E-state index contributed by atoms with van der Waals surface area (Å²) in [4.78, 5) is 12.6. The van der Waals surface area contributed by atoms with E-state index in [0.29, 0.717) is 19.6 Å². The molecule has 1 amide bonds. The highest BCUT2D eigenvalue weighted by Crippen LogP contribution is 2.29. The lowest BCUT2D eigenvalue weighted by molar-refractivity contribution is -0.125. The van der Waals surface area contributed by atoms with Gasteiger partial charge in [0, 0.05) is 39.0 Å². The third-order valence-corrected chi connectivity index (χ3v) is 6.42. The van der Waals surface area contributed by atoms with Crippen LogP contribution in [0, 0.1) is 6.92 Å². The number of amides is 1. The van der Waals surface area contributed by atoms with Crippen molar-refractivity contribution in [2.24, 2.45) is 7.05 Å². The summed E-state index contributed by atoms with van der Waals surface area (Å²) in [7, 11) is -0.539. The maximum absolute atomic E-state index is 12.6. The van der Waals surface area contributed by atoms with Gasteiger partial charge < -0.3 is 10.1 Å². The number of nitrogens with one attached hydrogen (secondary N) is 2. The second-order valence-corrected chi connectivity index (χ2v) is 8.43. The summed E-state index contributed by atoms with van der Waals surface area (Å²) in [6.07, 6.45) is 4.06. The zero-order chi connectivity index (χ0) is 18.2. The van der Waals surface area contributed by atoms with Gasteiger partial charge in [-0.2, -0.15) is 22.5 Å². The van der Waals surface area contributed by atoms with Gasteiger partial charge in [0.2, 0.25) is 5.91 Å². The van der Waals surface area contributed by atoms with Gasteiger partial charge in [0.1, 0.15) is 6.04 Å². The van der Waals surface area contributed by atoms with E-state index in [-0.39, 0.29) is 12.0 Å². The van der Waals surface area contributed by atoms with Crippen LogP contribution in [0.25, 0.3) is 0 Å². The number of hydrogen-bond donors (Lipinski definition) is 2. The first kappa shape index (κ1) is 18.3. The van der Waals surface area contributed by atoms with Gasteiger partial charge in [-0.15, -0.1) is 0 Å². The van der Waals surface area contributed by atoms with Gasteiger partial charge in [-0.25, -0.2) is 0 Å². The Bertz CT molecular complexity index is 741. The highest BCUT2D eigenvalue weighted by atomic mass is 32.2. The molecule has 140 valence electrons. The second kappa shape index (κ2) is 7.02. The van der Waals surface area contributed by atoms with E-state index in [9.17, 15) is 13.2 Å². The van der Waals surface area contributed by atoms with E-state index in [0.717, 1.165) is 28.4 Å². The molecule has 25 heavy (non-hydrogen) atoms. The van der Waals surface area contributed by atoms with Crippen molar-refractivity contribution in [2.45, 2.75) is 44.4 Å². The van der Waals surface area contributed by atoms with Gasteiger partial charge in [0.05, 0.1) is 17.8 Å². The molecule has 0 bridgehead atoms.